The van der Waals surface area contributed by atoms with Crippen molar-refractivity contribution in [1.29, 1.82) is 0 Å². The number of aromatic nitrogens is 2. The van der Waals surface area contributed by atoms with Crippen molar-refractivity contribution in [2.24, 2.45) is 5.73 Å². The van der Waals surface area contributed by atoms with E-state index in [1.165, 1.54) is 6.08 Å². The summed E-state index contributed by atoms with van der Waals surface area (Å²) in [7, 11) is 0. The molecule has 1 aromatic heterocycles. The molecule has 4 heteroatoms. The van der Waals surface area contributed by atoms with Gasteiger partial charge in [-0.1, -0.05) is 27.7 Å². The van der Waals surface area contributed by atoms with Gasteiger partial charge in [0.2, 0.25) is 0 Å². The van der Waals surface area contributed by atoms with E-state index in [0.29, 0.717) is 11.8 Å². The highest BCUT2D eigenvalue weighted by Gasteiger charge is 2.13. The van der Waals surface area contributed by atoms with Gasteiger partial charge in [-0.15, -0.1) is 0 Å². The van der Waals surface area contributed by atoms with Gasteiger partial charge in [0.05, 0.1) is 12.2 Å². The molecule has 0 saturated carbocycles. The summed E-state index contributed by atoms with van der Waals surface area (Å²) in [5.74, 6) is 0.462. The van der Waals surface area contributed by atoms with Crippen LogP contribution in [0.25, 0.3) is 0 Å². The van der Waals surface area contributed by atoms with E-state index >= 15 is 0 Å². The predicted molar refractivity (Wildman–Crippen MR) is 68.7 cm³/mol. The Morgan fingerprint density at radius 2 is 2.06 bits per heavy atom. The van der Waals surface area contributed by atoms with E-state index in [1.807, 2.05) is 0 Å². The van der Waals surface area contributed by atoms with Gasteiger partial charge in [-0.3, -0.25) is 4.68 Å². The first-order valence-electron chi connectivity index (χ1n) is 6.08. The molecule has 0 unspecified atom stereocenters. The molecule has 0 aliphatic carbocycles. The zero-order valence-electron chi connectivity index (χ0n) is 11.1. The van der Waals surface area contributed by atoms with Crippen molar-refractivity contribution in [1.82, 2.24) is 9.78 Å². The predicted octanol–water partition coefficient (Wildman–Crippen LogP) is 2.94. The molecule has 17 heavy (non-hydrogen) atoms. The van der Waals surface area contributed by atoms with E-state index in [-0.39, 0.29) is 18.9 Å². The number of hydrogen-bond donors (Lipinski definition) is 1. The number of halogens is 1. The minimum atomic E-state index is -0.229. The maximum Gasteiger partial charge on any atom is 0.119 e. The van der Waals surface area contributed by atoms with Crippen LogP contribution in [0, 0.1) is 0 Å². The molecule has 0 aliphatic rings. The van der Waals surface area contributed by atoms with Crippen molar-refractivity contribution in [3.8, 4) is 0 Å². The third-order valence-corrected chi connectivity index (χ3v) is 2.65. The average Bonchev–Trinajstić information content (AvgIpc) is 2.62. The van der Waals surface area contributed by atoms with E-state index < -0.39 is 0 Å². The molecule has 0 atom stereocenters. The maximum absolute atomic E-state index is 13.5. The van der Waals surface area contributed by atoms with Crippen molar-refractivity contribution < 1.29 is 4.39 Å². The Morgan fingerprint density at radius 3 is 2.53 bits per heavy atom. The van der Waals surface area contributed by atoms with E-state index in [2.05, 4.69) is 38.9 Å². The smallest absolute Gasteiger partial charge is 0.119 e. The summed E-state index contributed by atoms with van der Waals surface area (Å²) >= 11 is 0. The first-order valence-corrected chi connectivity index (χ1v) is 6.08. The van der Waals surface area contributed by atoms with Gasteiger partial charge in [0, 0.05) is 12.2 Å². The molecule has 96 valence electrons. The van der Waals surface area contributed by atoms with Crippen molar-refractivity contribution in [2.75, 3.05) is 6.54 Å². The van der Waals surface area contributed by atoms with Crippen LogP contribution in [0.15, 0.2) is 18.0 Å². The molecule has 2 N–H and O–H groups in total. The Kier molecular flexibility index (Phi) is 4.87. The van der Waals surface area contributed by atoms with Crippen LogP contribution in [0.4, 0.5) is 4.39 Å². The molecule has 0 amide bonds. The fraction of sp³-hybridized carbons (Fsp3) is 0.615. The second-order valence-electron chi connectivity index (χ2n) is 4.85. The summed E-state index contributed by atoms with van der Waals surface area (Å²) in [4.78, 5) is 0. The number of allylic oxidation sites excluding steroid dienone is 1. The van der Waals surface area contributed by atoms with Crippen LogP contribution >= 0.6 is 0 Å². The summed E-state index contributed by atoms with van der Waals surface area (Å²) in [5, 5.41) is 4.45. The molecule has 1 aromatic rings. The Labute approximate surface area is 103 Å². The third kappa shape index (κ3) is 3.66. The first kappa shape index (κ1) is 13.9. The fourth-order valence-electron chi connectivity index (χ4n) is 1.66. The van der Waals surface area contributed by atoms with Gasteiger partial charge in [0.15, 0.2) is 0 Å². The average molecular weight is 239 g/mol. The van der Waals surface area contributed by atoms with Crippen LogP contribution in [-0.4, -0.2) is 16.3 Å². The number of nitrogens with two attached hydrogens (primary N) is 1. The Hall–Kier alpha value is -1.16. The Balaban J connectivity index is 3.00. The second kappa shape index (κ2) is 5.96. The monoisotopic (exact) mass is 239 g/mol. The van der Waals surface area contributed by atoms with Gasteiger partial charge in [-0.05, 0) is 24.0 Å². The quantitative estimate of drug-likeness (QED) is 0.858. The lowest BCUT2D eigenvalue weighted by molar-refractivity contribution is 0.502. The molecule has 0 radical (unpaired) electrons. The second-order valence-corrected chi connectivity index (χ2v) is 4.85. The van der Waals surface area contributed by atoms with E-state index in [9.17, 15) is 4.39 Å². The largest absolute Gasteiger partial charge is 0.327 e. The Morgan fingerprint density at radius 1 is 1.41 bits per heavy atom. The molecule has 0 aromatic carbocycles. The Bertz CT molecular complexity index is 391. The SMILES string of the molecule is CC(C)c1cc(C(C)C)n(CC(F)=CCN)n1. The van der Waals surface area contributed by atoms with Crippen LogP contribution in [0.3, 0.4) is 0 Å². The maximum atomic E-state index is 13.5. The standard InChI is InChI=1S/C13H22FN3/c1-9(2)12-7-13(10(3)4)17(16-12)8-11(14)5-6-15/h5,7,9-10H,6,8,15H2,1-4H3. The first-order chi connectivity index (χ1) is 7.95. The molecule has 3 nitrogen and oxygen atoms in total. The number of rotatable bonds is 5. The van der Waals surface area contributed by atoms with Crippen LogP contribution in [-0.2, 0) is 6.54 Å². The van der Waals surface area contributed by atoms with Crippen molar-refractivity contribution >= 4 is 0 Å². The highest BCUT2D eigenvalue weighted by Crippen LogP contribution is 2.21. The van der Waals surface area contributed by atoms with Gasteiger partial charge in [0.25, 0.3) is 0 Å². The number of hydrogen-bond acceptors (Lipinski definition) is 2. The fourth-order valence-corrected chi connectivity index (χ4v) is 1.66. The minimum absolute atomic E-state index is 0.178. The lowest BCUT2D eigenvalue weighted by Gasteiger charge is -2.08. The van der Waals surface area contributed by atoms with Crippen molar-refractivity contribution in [2.45, 2.75) is 46.1 Å². The van der Waals surface area contributed by atoms with E-state index in [1.54, 1.807) is 4.68 Å². The molecule has 1 rings (SSSR count). The molecule has 0 spiro atoms. The van der Waals surface area contributed by atoms with Gasteiger partial charge >= 0.3 is 0 Å². The third-order valence-electron chi connectivity index (χ3n) is 2.65. The molecule has 0 fully saturated rings. The highest BCUT2D eigenvalue weighted by atomic mass is 19.1. The zero-order chi connectivity index (χ0) is 13.0. The lowest BCUT2D eigenvalue weighted by Crippen LogP contribution is -2.08. The van der Waals surface area contributed by atoms with Gasteiger partial charge < -0.3 is 5.73 Å². The van der Waals surface area contributed by atoms with Gasteiger partial charge in [0.1, 0.15) is 5.83 Å². The molecule has 0 saturated heterocycles. The van der Waals surface area contributed by atoms with Crippen molar-refractivity contribution in [3.63, 3.8) is 0 Å². The number of nitrogens with zero attached hydrogens (tertiary/aromatic N) is 2. The molecule has 1 heterocycles. The van der Waals surface area contributed by atoms with Crippen LogP contribution in [0.5, 0.6) is 0 Å². The molecule has 0 aliphatic heterocycles. The summed E-state index contributed by atoms with van der Waals surface area (Å²) in [5.41, 5.74) is 7.36. The van der Waals surface area contributed by atoms with Gasteiger partial charge in [-0.2, -0.15) is 5.10 Å². The van der Waals surface area contributed by atoms with Crippen LogP contribution in [0.1, 0.15) is 50.9 Å². The molecular weight excluding hydrogens is 217 g/mol. The van der Waals surface area contributed by atoms with E-state index in [4.69, 9.17) is 5.73 Å². The van der Waals surface area contributed by atoms with Crippen molar-refractivity contribution in [3.05, 3.63) is 29.4 Å². The van der Waals surface area contributed by atoms with E-state index in [0.717, 1.165) is 11.4 Å². The lowest BCUT2D eigenvalue weighted by atomic mass is 10.1. The molecule has 0 bridgehead atoms. The molecular formula is C13H22FN3. The minimum Gasteiger partial charge on any atom is -0.327 e. The van der Waals surface area contributed by atoms with Crippen LogP contribution in [0.2, 0.25) is 0 Å². The summed E-state index contributed by atoms with van der Waals surface area (Å²) in [6, 6.07) is 2.06. The highest BCUT2D eigenvalue weighted by molar-refractivity contribution is 5.17. The topological polar surface area (TPSA) is 43.8 Å². The summed E-state index contributed by atoms with van der Waals surface area (Å²) in [6.07, 6.45) is 1.39. The summed E-state index contributed by atoms with van der Waals surface area (Å²) < 4.78 is 15.2. The summed E-state index contributed by atoms with van der Waals surface area (Å²) in [6.45, 7) is 8.74. The van der Waals surface area contributed by atoms with Gasteiger partial charge in [-0.25, -0.2) is 4.39 Å². The normalized spacial score (nSPS) is 12.8. The zero-order valence-corrected chi connectivity index (χ0v) is 11.1. The van der Waals surface area contributed by atoms with Crippen LogP contribution < -0.4 is 5.73 Å².